The van der Waals surface area contributed by atoms with Crippen LogP contribution >= 0.6 is 11.6 Å². The summed E-state index contributed by atoms with van der Waals surface area (Å²) in [6, 6.07) is 15.7. The number of ether oxygens (including phenoxy) is 1. The normalized spacial score (nSPS) is 13.4. The zero-order chi connectivity index (χ0) is 14.2. The highest BCUT2D eigenvalue weighted by Gasteiger charge is 2.20. The van der Waals surface area contributed by atoms with E-state index in [1.54, 1.807) is 0 Å². The number of halogens is 1. The Labute approximate surface area is 128 Å². The van der Waals surface area contributed by atoms with Gasteiger partial charge in [0.15, 0.2) is 0 Å². The van der Waals surface area contributed by atoms with Gasteiger partial charge in [0.2, 0.25) is 0 Å². The van der Waals surface area contributed by atoms with Gasteiger partial charge in [-0.15, -0.1) is 0 Å². The summed E-state index contributed by atoms with van der Waals surface area (Å²) in [5.74, 6) is 1.76. The van der Waals surface area contributed by atoms with E-state index in [-0.39, 0.29) is 0 Å². The lowest BCUT2D eigenvalue weighted by Crippen LogP contribution is -1.96. The topological polar surface area (TPSA) is 22.1 Å². The maximum atomic E-state index is 6.19. The fourth-order valence-corrected chi connectivity index (χ4v) is 3.03. The highest BCUT2D eigenvalue weighted by Crippen LogP contribution is 2.38. The standard InChI is InChI=1S/C18H14ClNO/c19-12-8-10-13(11-9-12)21-18-14-4-1-2-6-16(14)20-17-7-3-5-15(17)18/h1-2,4,6,8-11H,3,5,7H2. The van der Waals surface area contributed by atoms with Crippen LogP contribution in [-0.2, 0) is 12.8 Å². The third-order valence-electron chi connectivity index (χ3n) is 3.90. The van der Waals surface area contributed by atoms with Crippen molar-refractivity contribution >= 4 is 22.5 Å². The van der Waals surface area contributed by atoms with E-state index in [1.807, 2.05) is 42.5 Å². The van der Waals surface area contributed by atoms with Gasteiger partial charge in [0, 0.05) is 21.7 Å². The number of aromatic nitrogens is 1. The summed E-state index contributed by atoms with van der Waals surface area (Å²) in [4.78, 5) is 4.77. The number of benzene rings is 2. The van der Waals surface area contributed by atoms with E-state index in [4.69, 9.17) is 21.3 Å². The zero-order valence-electron chi connectivity index (χ0n) is 11.5. The van der Waals surface area contributed by atoms with Crippen LogP contribution in [0.25, 0.3) is 10.9 Å². The first-order chi connectivity index (χ1) is 10.3. The molecule has 1 heterocycles. The number of aryl methyl sites for hydroxylation is 1. The van der Waals surface area contributed by atoms with Crippen molar-refractivity contribution in [2.75, 3.05) is 0 Å². The average molecular weight is 296 g/mol. The smallest absolute Gasteiger partial charge is 0.141 e. The summed E-state index contributed by atoms with van der Waals surface area (Å²) in [6.45, 7) is 0. The molecular weight excluding hydrogens is 282 g/mol. The molecule has 1 aliphatic rings. The molecule has 0 aliphatic heterocycles. The Morgan fingerprint density at radius 1 is 0.952 bits per heavy atom. The van der Waals surface area contributed by atoms with Gasteiger partial charge in [0.1, 0.15) is 11.5 Å². The fourth-order valence-electron chi connectivity index (χ4n) is 2.90. The van der Waals surface area contributed by atoms with Crippen molar-refractivity contribution in [3.8, 4) is 11.5 Å². The average Bonchev–Trinajstić information content (AvgIpc) is 2.97. The molecule has 1 aromatic heterocycles. The molecule has 0 spiro atoms. The SMILES string of the molecule is Clc1ccc(Oc2c3c(nc4ccccc24)CCC3)cc1. The molecule has 0 saturated carbocycles. The molecule has 3 aromatic rings. The third kappa shape index (κ3) is 2.26. The van der Waals surface area contributed by atoms with Crippen molar-refractivity contribution < 1.29 is 4.74 Å². The van der Waals surface area contributed by atoms with E-state index in [0.29, 0.717) is 5.02 Å². The van der Waals surface area contributed by atoms with Crippen LogP contribution in [0, 0.1) is 0 Å². The first-order valence-electron chi connectivity index (χ1n) is 7.15. The summed E-state index contributed by atoms with van der Waals surface area (Å²) in [6.07, 6.45) is 3.23. The van der Waals surface area contributed by atoms with Gasteiger partial charge in [-0.25, -0.2) is 0 Å². The van der Waals surface area contributed by atoms with Crippen LogP contribution in [0.5, 0.6) is 11.5 Å². The molecule has 0 unspecified atom stereocenters. The second kappa shape index (κ2) is 5.05. The van der Waals surface area contributed by atoms with Gasteiger partial charge >= 0.3 is 0 Å². The Morgan fingerprint density at radius 3 is 2.62 bits per heavy atom. The monoisotopic (exact) mass is 295 g/mol. The summed E-state index contributed by atoms with van der Waals surface area (Å²) >= 11 is 5.94. The van der Waals surface area contributed by atoms with Crippen LogP contribution in [0.1, 0.15) is 17.7 Å². The molecule has 2 aromatic carbocycles. The fraction of sp³-hybridized carbons (Fsp3) is 0.167. The number of rotatable bonds is 2. The minimum Gasteiger partial charge on any atom is -0.456 e. The lowest BCUT2D eigenvalue weighted by atomic mass is 10.1. The Morgan fingerprint density at radius 2 is 1.76 bits per heavy atom. The lowest BCUT2D eigenvalue weighted by Gasteiger charge is -2.13. The molecule has 0 N–H and O–H groups in total. The highest BCUT2D eigenvalue weighted by molar-refractivity contribution is 6.30. The number of nitrogens with zero attached hydrogens (tertiary/aromatic N) is 1. The van der Waals surface area contributed by atoms with Gasteiger partial charge < -0.3 is 4.74 Å². The number of pyridine rings is 1. The molecule has 4 rings (SSSR count). The van der Waals surface area contributed by atoms with Crippen molar-refractivity contribution in [2.24, 2.45) is 0 Å². The van der Waals surface area contributed by atoms with Crippen LogP contribution < -0.4 is 4.74 Å². The molecule has 0 atom stereocenters. The zero-order valence-corrected chi connectivity index (χ0v) is 12.2. The molecule has 0 bridgehead atoms. The Bertz CT molecular complexity index is 811. The van der Waals surface area contributed by atoms with E-state index in [2.05, 4.69) is 6.07 Å². The van der Waals surface area contributed by atoms with Gasteiger partial charge in [-0.3, -0.25) is 4.98 Å². The Kier molecular flexibility index (Phi) is 3.04. The van der Waals surface area contributed by atoms with E-state index in [0.717, 1.165) is 41.7 Å². The molecule has 1 aliphatic carbocycles. The molecule has 0 amide bonds. The van der Waals surface area contributed by atoms with Crippen molar-refractivity contribution in [3.63, 3.8) is 0 Å². The van der Waals surface area contributed by atoms with Gasteiger partial charge in [-0.2, -0.15) is 0 Å². The highest BCUT2D eigenvalue weighted by atomic mass is 35.5. The second-order valence-electron chi connectivity index (χ2n) is 5.29. The van der Waals surface area contributed by atoms with Crippen LogP contribution in [0.3, 0.4) is 0 Å². The molecular formula is C18H14ClNO. The maximum absolute atomic E-state index is 6.19. The summed E-state index contributed by atoms with van der Waals surface area (Å²) in [5, 5.41) is 1.79. The largest absolute Gasteiger partial charge is 0.456 e. The maximum Gasteiger partial charge on any atom is 0.141 e. The van der Waals surface area contributed by atoms with E-state index in [9.17, 15) is 0 Å². The number of fused-ring (bicyclic) bond motifs is 2. The van der Waals surface area contributed by atoms with E-state index >= 15 is 0 Å². The van der Waals surface area contributed by atoms with Crippen molar-refractivity contribution in [1.29, 1.82) is 0 Å². The second-order valence-corrected chi connectivity index (χ2v) is 5.73. The lowest BCUT2D eigenvalue weighted by molar-refractivity contribution is 0.482. The summed E-state index contributed by atoms with van der Waals surface area (Å²) in [7, 11) is 0. The predicted molar refractivity (Wildman–Crippen MR) is 85.3 cm³/mol. The minimum atomic E-state index is 0.715. The molecule has 2 nitrogen and oxygen atoms in total. The third-order valence-corrected chi connectivity index (χ3v) is 4.15. The number of hydrogen-bond acceptors (Lipinski definition) is 2. The molecule has 0 radical (unpaired) electrons. The van der Waals surface area contributed by atoms with Crippen LogP contribution in [0.15, 0.2) is 48.5 Å². The van der Waals surface area contributed by atoms with Gasteiger partial charge in [-0.05, 0) is 55.7 Å². The number of hydrogen-bond donors (Lipinski definition) is 0. The van der Waals surface area contributed by atoms with E-state index < -0.39 is 0 Å². The van der Waals surface area contributed by atoms with Crippen molar-refractivity contribution in [1.82, 2.24) is 4.98 Å². The van der Waals surface area contributed by atoms with E-state index in [1.165, 1.54) is 11.3 Å². The predicted octanol–water partition coefficient (Wildman–Crippen LogP) is 5.17. The number of para-hydroxylation sites is 1. The van der Waals surface area contributed by atoms with Crippen LogP contribution in [-0.4, -0.2) is 4.98 Å². The van der Waals surface area contributed by atoms with Gasteiger partial charge in [0.25, 0.3) is 0 Å². The van der Waals surface area contributed by atoms with Gasteiger partial charge in [-0.1, -0.05) is 23.7 Å². The molecule has 104 valence electrons. The molecule has 21 heavy (non-hydrogen) atoms. The Hall–Kier alpha value is -2.06. The Balaban J connectivity index is 1.88. The minimum absolute atomic E-state index is 0.715. The van der Waals surface area contributed by atoms with Crippen LogP contribution in [0.4, 0.5) is 0 Å². The molecule has 0 saturated heterocycles. The van der Waals surface area contributed by atoms with Crippen LogP contribution in [0.2, 0.25) is 5.02 Å². The summed E-state index contributed by atoms with van der Waals surface area (Å²) < 4.78 is 6.19. The molecule has 3 heteroatoms. The first kappa shape index (κ1) is 12.7. The first-order valence-corrected chi connectivity index (χ1v) is 7.53. The summed E-state index contributed by atoms with van der Waals surface area (Å²) in [5.41, 5.74) is 3.43. The van der Waals surface area contributed by atoms with Crippen molar-refractivity contribution in [3.05, 3.63) is 64.8 Å². The molecule has 0 fully saturated rings. The van der Waals surface area contributed by atoms with Crippen molar-refractivity contribution in [2.45, 2.75) is 19.3 Å². The van der Waals surface area contributed by atoms with Gasteiger partial charge in [0.05, 0.1) is 5.52 Å². The quantitative estimate of drug-likeness (QED) is 0.651.